The van der Waals surface area contributed by atoms with E-state index in [0.717, 1.165) is 11.1 Å². The highest BCUT2D eigenvalue weighted by Gasteiger charge is 2.09. The number of hydrogen-bond donors (Lipinski definition) is 2. The van der Waals surface area contributed by atoms with Crippen LogP contribution in [0.15, 0.2) is 84.9 Å². The molecule has 0 radical (unpaired) electrons. The van der Waals surface area contributed by atoms with Crippen molar-refractivity contribution in [2.75, 3.05) is 0 Å². The van der Waals surface area contributed by atoms with Gasteiger partial charge in [0.05, 0.1) is 11.4 Å². The molecule has 0 bridgehead atoms. The lowest BCUT2D eigenvalue weighted by Gasteiger charge is -2.06. The van der Waals surface area contributed by atoms with Gasteiger partial charge in [0.15, 0.2) is 0 Å². The van der Waals surface area contributed by atoms with Crippen LogP contribution in [0.3, 0.4) is 0 Å². The van der Waals surface area contributed by atoms with Gasteiger partial charge in [0, 0.05) is 17.2 Å². The Bertz CT molecular complexity index is 1440. The SMILES string of the molecule is Clc1cc(Cl)nc(Cl)n1.Fc1ccc(-c2cc(-c3ccc(F)cc3)nc(Cl)n2)cc1.OB(O)c1ccc(F)cc1. The minimum absolute atomic E-state index is 0.0625. The van der Waals surface area contributed by atoms with Crippen LogP contribution in [0.2, 0.25) is 20.9 Å². The van der Waals surface area contributed by atoms with E-state index in [1.165, 1.54) is 54.6 Å². The highest BCUT2D eigenvalue weighted by atomic mass is 35.5. The van der Waals surface area contributed by atoms with Crippen LogP contribution in [0, 0.1) is 17.5 Å². The second-order valence-electron chi connectivity index (χ2n) is 7.63. The first-order valence-electron chi connectivity index (χ1n) is 11.0. The molecule has 0 aliphatic carbocycles. The largest absolute Gasteiger partial charge is 0.488 e. The molecule has 0 spiro atoms. The predicted molar refractivity (Wildman–Crippen MR) is 151 cm³/mol. The Morgan fingerprint density at radius 3 is 1.20 bits per heavy atom. The third-order valence-electron chi connectivity index (χ3n) is 4.78. The van der Waals surface area contributed by atoms with E-state index in [4.69, 9.17) is 56.5 Å². The highest BCUT2D eigenvalue weighted by molar-refractivity contribution is 6.58. The topological polar surface area (TPSA) is 92.0 Å². The van der Waals surface area contributed by atoms with Gasteiger partial charge in [-0.1, -0.05) is 35.3 Å². The fourth-order valence-electron chi connectivity index (χ4n) is 2.95. The minimum atomic E-state index is -1.51. The first-order valence-corrected chi connectivity index (χ1v) is 12.5. The van der Waals surface area contributed by atoms with Gasteiger partial charge >= 0.3 is 7.12 Å². The average molecular weight is 626 g/mol. The van der Waals surface area contributed by atoms with Gasteiger partial charge in [-0.05, 0) is 95.4 Å². The Morgan fingerprint density at radius 2 is 0.850 bits per heavy atom. The fourth-order valence-corrected chi connectivity index (χ4v) is 3.83. The van der Waals surface area contributed by atoms with Crippen LogP contribution in [0.4, 0.5) is 13.2 Å². The van der Waals surface area contributed by atoms with Crippen molar-refractivity contribution in [2.24, 2.45) is 0 Å². The molecule has 14 heteroatoms. The summed E-state index contributed by atoms with van der Waals surface area (Å²) >= 11 is 22.2. The van der Waals surface area contributed by atoms with Crippen molar-refractivity contribution in [3.63, 3.8) is 0 Å². The standard InChI is InChI=1S/C16H9ClF2N2.C6H6BFO2.C4HCl3N2/c17-16-20-14(10-1-5-12(18)6-2-10)9-15(21-16)11-3-7-13(19)8-4-11;8-6-3-1-5(2-4-6)7(9)10;5-2-1-3(6)9-4(7)8-2/h1-9H;1-4,9-10H;1H. The summed E-state index contributed by atoms with van der Waals surface area (Å²) < 4.78 is 38.1. The van der Waals surface area contributed by atoms with Gasteiger partial charge < -0.3 is 10.0 Å². The van der Waals surface area contributed by atoms with Crippen LogP contribution in [-0.2, 0) is 0 Å². The lowest BCUT2D eigenvalue weighted by molar-refractivity contribution is 0.425. The van der Waals surface area contributed by atoms with Gasteiger partial charge in [0.2, 0.25) is 10.6 Å². The van der Waals surface area contributed by atoms with Crippen LogP contribution in [-0.4, -0.2) is 37.1 Å². The molecule has 204 valence electrons. The second kappa shape index (κ2) is 14.9. The van der Waals surface area contributed by atoms with Gasteiger partial charge in [-0.2, -0.15) is 0 Å². The summed E-state index contributed by atoms with van der Waals surface area (Å²) in [6.45, 7) is 0. The van der Waals surface area contributed by atoms with E-state index in [9.17, 15) is 13.2 Å². The van der Waals surface area contributed by atoms with Crippen LogP contribution in [0.1, 0.15) is 0 Å². The zero-order valence-corrected chi connectivity index (χ0v) is 23.0. The predicted octanol–water partition coefficient (Wildman–Crippen LogP) is 6.68. The van der Waals surface area contributed by atoms with Gasteiger partial charge in [-0.25, -0.2) is 33.1 Å². The molecule has 6 nitrogen and oxygen atoms in total. The number of aromatic nitrogens is 4. The third-order valence-corrected chi connectivity index (χ3v) is 5.51. The zero-order chi connectivity index (χ0) is 29.2. The Balaban J connectivity index is 0.000000193. The van der Waals surface area contributed by atoms with E-state index < -0.39 is 7.12 Å². The number of halogens is 7. The van der Waals surface area contributed by atoms with Crippen LogP contribution in [0.5, 0.6) is 0 Å². The van der Waals surface area contributed by atoms with E-state index in [0.29, 0.717) is 16.9 Å². The molecule has 5 rings (SSSR count). The van der Waals surface area contributed by atoms with Gasteiger partial charge in [0.25, 0.3) is 0 Å². The summed E-state index contributed by atoms with van der Waals surface area (Å²) in [5.74, 6) is -1.03. The fraction of sp³-hybridized carbons (Fsp3) is 0. The Hall–Kier alpha value is -3.25. The smallest absolute Gasteiger partial charge is 0.423 e. The summed E-state index contributed by atoms with van der Waals surface area (Å²) in [7, 11) is -1.51. The number of hydrogen-bond acceptors (Lipinski definition) is 6. The molecule has 0 aliphatic rings. The molecule has 40 heavy (non-hydrogen) atoms. The van der Waals surface area contributed by atoms with Crippen LogP contribution >= 0.6 is 46.4 Å². The number of benzene rings is 3. The summed E-state index contributed by atoms with van der Waals surface area (Å²) in [6.07, 6.45) is 0. The van der Waals surface area contributed by atoms with Crippen molar-refractivity contribution >= 4 is 59.0 Å². The quantitative estimate of drug-likeness (QED) is 0.132. The van der Waals surface area contributed by atoms with E-state index in [2.05, 4.69) is 19.9 Å². The first-order chi connectivity index (χ1) is 19.0. The highest BCUT2D eigenvalue weighted by Crippen LogP contribution is 2.25. The molecule has 0 amide bonds. The van der Waals surface area contributed by atoms with E-state index >= 15 is 0 Å². The molecule has 2 aromatic heterocycles. The molecule has 0 saturated heterocycles. The molecular formula is C26H16BCl4F3N4O2. The van der Waals surface area contributed by atoms with Gasteiger partial charge in [-0.15, -0.1) is 0 Å². The molecule has 2 N–H and O–H groups in total. The number of rotatable bonds is 3. The van der Waals surface area contributed by atoms with Crippen molar-refractivity contribution in [2.45, 2.75) is 0 Å². The Labute approximate surface area is 247 Å². The lowest BCUT2D eigenvalue weighted by Crippen LogP contribution is -2.29. The maximum atomic E-state index is 13.0. The Kier molecular flexibility index (Phi) is 11.7. The van der Waals surface area contributed by atoms with Crippen molar-refractivity contribution < 1.29 is 23.2 Å². The maximum absolute atomic E-state index is 13.0. The maximum Gasteiger partial charge on any atom is 0.488 e. The van der Waals surface area contributed by atoms with E-state index in [1.54, 1.807) is 30.3 Å². The molecule has 5 aromatic rings. The first kappa shape index (κ1) is 31.3. The summed E-state index contributed by atoms with van der Waals surface area (Å²) in [4.78, 5) is 15.4. The number of nitrogens with zero attached hydrogens (tertiary/aromatic N) is 4. The summed E-state index contributed by atoms with van der Waals surface area (Å²) in [6, 6.07) is 20.0. The van der Waals surface area contributed by atoms with Crippen molar-refractivity contribution in [3.8, 4) is 22.5 Å². The van der Waals surface area contributed by atoms with Crippen molar-refractivity contribution in [1.82, 2.24) is 19.9 Å². The molecule has 0 aliphatic heterocycles. The van der Waals surface area contributed by atoms with E-state index in [-0.39, 0.29) is 38.3 Å². The van der Waals surface area contributed by atoms with Crippen molar-refractivity contribution in [3.05, 3.63) is 123 Å². The molecular weight excluding hydrogens is 610 g/mol. The monoisotopic (exact) mass is 624 g/mol. The van der Waals surface area contributed by atoms with Crippen molar-refractivity contribution in [1.29, 1.82) is 0 Å². The molecule has 0 saturated carbocycles. The second-order valence-corrected chi connectivity index (χ2v) is 9.08. The molecule has 3 aromatic carbocycles. The van der Waals surface area contributed by atoms with Gasteiger partial charge in [0.1, 0.15) is 27.8 Å². The minimum Gasteiger partial charge on any atom is -0.423 e. The Morgan fingerprint density at radius 1 is 0.500 bits per heavy atom. The van der Waals surface area contributed by atoms with Crippen LogP contribution in [0.25, 0.3) is 22.5 Å². The molecule has 2 heterocycles. The molecule has 0 atom stereocenters. The van der Waals surface area contributed by atoms with Crippen LogP contribution < -0.4 is 5.46 Å². The van der Waals surface area contributed by atoms with Gasteiger partial charge in [-0.3, -0.25) is 0 Å². The zero-order valence-electron chi connectivity index (χ0n) is 20.0. The summed E-state index contributed by atoms with van der Waals surface area (Å²) in [5.41, 5.74) is 2.90. The third kappa shape index (κ3) is 10.1. The summed E-state index contributed by atoms with van der Waals surface area (Å²) in [5, 5.41) is 17.7. The lowest BCUT2D eigenvalue weighted by atomic mass is 9.80. The molecule has 0 fully saturated rings. The van der Waals surface area contributed by atoms with E-state index in [1.807, 2.05) is 0 Å². The average Bonchev–Trinajstić information content (AvgIpc) is 2.89. The normalized spacial score (nSPS) is 10.1. The molecule has 0 unspecified atom stereocenters.